The second-order valence-corrected chi connectivity index (χ2v) is 4.31. The Kier molecular flexibility index (Phi) is 3.76. The number of likely N-dealkylation sites (N-methyl/N-ethyl adjacent to an activating group) is 1. The molecule has 2 N–H and O–H groups in total. The lowest BCUT2D eigenvalue weighted by Gasteiger charge is -2.34. The van der Waals surface area contributed by atoms with Crippen molar-refractivity contribution in [2.24, 2.45) is 0 Å². The summed E-state index contributed by atoms with van der Waals surface area (Å²) in [4.78, 5) is 19.8. The lowest BCUT2D eigenvalue weighted by atomic mass is 10.2. The molecule has 0 aliphatic carbocycles. The topological polar surface area (TPSA) is 62.5 Å². The Labute approximate surface area is 105 Å². The number of rotatable bonds is 2. The van der Waals surface area contributed by atoms with Crippen LogP contribution in [0, 0.1) is 5.82 Å². The number of aromatic nitrogens is 1. The van der Waals surface area contributed by atoms with E-state index in [4.69, 9.17) is 5.73 Å². The summed E-state index contributed by atoms with van der Waals surface area (Å²) >= 11 is 0. The first-order valence-electron chi connectivity index (χ1n) is 6.04. The van der Waals surface area contributed by atoms with E-state index in [9.17, 15) is 9.18 Å². The molecule has 6 heteroatoms. The quantitative estimate of drug-likeness (QED) is 0.836. The number of hydrogen-bond donors (Lipinski definition) is 1. The van der Waals surface area contributed by atoms with Gasteiger partial charge in [-0.2, -0.15) is 0 Å². The van der Waals surface area contributed by atoms with Crippen LogP contribution in [-0.2, 0) is 0 Å². The number of halogens is 1. The SMILES string of the molecule is CCN1CCN(C(=O)c2cc(F)cnc2N)CC1. The molecular weight excluding hydrogens is 235 g/mol. The molecule has 1 aromatic rings. The Bertz CT molecular complexity index is 444. The maximum absolute atomic E-state index is 13.1. The van der Waals surface area contributed by atoms with Gasteiger partial charge in [0, 0.05) is 26.2 Å². The third kappa shape index (κ3) is 2.59. The third-order valence-corrected chi connectivity index (χ3v) is 3.22. The molecule has 5 nitrogen and oxygen atoms in total. The number of hydrogen-bond acceptors (Lipinski definition) is 4. The fraction of sp³-hybridized carbons (Fsp3) is 0.500. The van der Waals surface area contributed by atoms with Crippen molar-refractivity contribution in [2.45, 2.75) is 6.92 Å². The summed E-state index contributed by atoms with van der Waals surface area (Å²) in [6.07, 6.45) is 1.02. The summed E-state index contributed by atoms with van der Waals surface area (Å²) in [5.74, 6) is -0.700. The lowest BCUT2D eigenvalue weighted by molar-refractivity contribution is 0.0643. The number of nitrogens with two attached hydrogens (primary N) is 1. The van der Waals surface area contributed by atoms with E-state index >= 15 is 0 Å². The highest BCUT2D eigenvalue weighted by Crippen LogP contribution is 2.14. The molecule has 18 heavy (non-hydrogen) atoms. The van der Waals surface area contributed by atoms with Crippen LogP contribution in [0.5, 0.6) is 0 Å². The molecule has 0 bridgehead atoms. The van der Waals surface area contributed by atoms with Crippen molar-refractivity contribution in [3.63, 3.8) is 0 Å². The van der Waals surface area contributed by atoms with Crippen LogP contribution in [0.2, 0.25) is 0 Å². The molecule has 0 spiro atoms. The van der Waals surface area contributed by atoms with E-state index in [0.717, 1.165) is 31.9 Å². The number of carbonyl (C=O) groups is 1. The van der Waals surface area contributed by atoms with Crippen LogP contribution in [-0.4, -0.2) is 53.4 Å². The zero-order valence-corrected chi connectivity index (χ0v) is 10.4. The van der Waals surface area contributed by atoms with Crippen LogP contribution in [0.25, 0.3) is 0 Å². The van der Waals surface area contributed by atoms with Crippen molar-refractivity contribution < 1.29 is 9.18 Å². The highest BCUT2D eigenvalue weighted by molar-refractivity contribution is 5.98. The Morgan fingerprint density at radius 2 is 2.11 bits per heavy atom. The molecule has 0 atom stereocenters. The van der Waals surface area contributed by atoms with Gasteiger partial charge in [-0.15, -0.1) is 0 Å². The number of amides is 1. The van der Waals surface area contributed by atoms with Gasteiger partial charge in [-0.25, -0.2) is 9.37 Å². The molecule has 1 amide bonds. The van der Waals surface area contributed by atoms with Gasteiger partial charge in [0.2, 0.25) is 0 Å². The van der Waals surface area contributed by atoms with E-state index in [0.29, 0.717) is 13.1 Å². The minimum Gasteiger partial charge on any atom is -0.383 e. The lowest BCUT2D eigenvalue weighted by Crippen LogP contribution is -2.48. The smallest absolute Gasteiger partial charge is 0.257 e. The minimum absolute atomic E-state index is 0.0827. The molecule has 1 saturated heterocycles. The van der Waals surface area contributed by atoms with E-state index < -0.39 is 5.82 Å². The zero-order chi connectivity index (χ0) is 13.1. The molecule has 1 aliphatic rings. The van der Waals surface area contributed by atoms with E-state index in [1.165, 1.54) is 0 Å². The maximum Gasteiger partial charge on any atom is 0.257 e. The third-order valence-electron chi connectivity index (χ3n) is 3.22. The van der Waals surface area contributed by atoms with Gasteiger partial charge in [0.05, 0.1) is 11.8 Å². The van der Waals surface area contributed by atoms with Crippen LogP contribution >= 0.6 is 0 Å². The molecule has 0 radical (unpaired) electrons. The van der Waals surface area contributed by atoms with Gasteiger partial charge >= 0.3 is 0 Å². The normalized spacial score (nSPS) is 16.9. The van der Waals surface area contributed by atoms with Crippen LogP contribution < -0.4 is 5.73 Å². The molecule has 1 fully saturated rings. The van der Waals surface area contributed by atoms with Gasteiger partial charge in [0.1, 0.15) is 11.6 Å². The van der Waals surface area contributed by atoms with E-state index in [1.54, 1.807) is 4.90 Å². The molecule has 1 aromatic heterocycles. The molecule has 98 valence electrons. The van der Waals surface area contributed by atoms with Crippen LogP contribution in [0.3, 0.4) is 0 Å². The molecular formula is C12H17FN4O. The van der Waals surface area contributed by atoms with Crippen molar-refractivity contribution in [3.05, 3.63) is 23.6 Å². The number of piperazine rings is 1. The Balaban J connectivity index is 2.10. The molecule has 0 unspecified atom stereocenters. The van der Waals surface area contributed by atoms with Crippen molar-refractivity contribution in [2.75, 3.05) is 38.5 Å². The number of anilines is 1. The Hall–Kier alpha value is -1.69. The average molecular weight is 252 g/mol. The van der Waals surface area contributed by atoms with Gasteiger partial charge in [0.25, 0.3) is 5.91 Å². The first-order valence-corrected chi connectivity index (χ1v) is 6.04. The summed E-state index contributed by atoms with van der Waals surface area (Å²) < 4.78 is 13.1. The molecule has 2 heterocycles. The number of pyridine rings is 1. The fourth-order valence-electron chi connectivity index (χ4n) is 2.06. The Morgan fingerprint density at radius 1 is 1.44 bits per heavy atom. The van der Waals surface area contributed by atoms with Gasteiger partial charge in [0.15, 0.2) is 0 Å². The summed E-state index contributed by atoms with van der Waals surface area (Å²) in [5, 5.41) is 0. The second kappa shape index (κ2) is 5.30. The number of nitrogens with zero attached hydrogens (tertiary/aromatic N) is 3. The summed E-state index contributed by atoms with van der Waals surface area (Å²) in [6, 6.07) is 1.15. The molecule has 0 saturated carbocycles. The van der Waals surface area contributed by atoms with Gasteiger partial charge in [-0.3, -0.25) is 4.79 Å². The Morgan fingerprint density at radius 3 is 2.72 bits per heavy atom. The fourth-order valence-corrected chi connectivity index (χ4v) is 2.06. The highest BCUT2D eigenvalue weighted by atomic mass is 19.1. The standard InChI is InChI=1S/C12H17FN4O/c1-2-16-3-5-17(6-4-16)12(18)10-7-9(13)8-15-11(10)14/h7-8H,2-6H2,1H3,(H2,14,15). The first-order chi connectivity index (χ1) is 8.61. The van der Waals surface area contributed by atoms with E-state index in [2.05, 4.69) is 16.8 Å². The van der Waals surface area contributed by atoms with Gasteiger partial charge < -0.3 is 15.5 Å². The largest absolute Gasteiger partial charge is 0.383 e. The molecule has 0 aromatic carbocycles. The number of carbonyl (C=O) groups excluding carboxylic acids is 1. The summed E-state index contributed by atoms with van der Waals surface area (Å²) in [6.45, 7) is 6.03. The first kappa shape index (κ1) is 12.8. The maximum atomic E-state index is 13.1. The number of nitrogen functional groups attached to an aromatic ring is 1. The molecule has 2 rings (SSSR count). The summed E-state index contributed by atoms with van der Waals surface area (Å²) in [5.41, 5.74) is 5.77. The average Bonchev–Trinajstić information content (AvgIpc) is 2.41. The van der Waals surface area contributed by atoms with Crippen LogP contribution in [0.15, 0.2) is 12.3 Å². The van der Waals surface area contributed by atoms with Crippen molar-refractivity contribution in [1.82, 2.24) is 14.8 Å². The van der Waals surface area contributed by atoms with Crippen molar-refractivity contribution >= 4 is 11.7 Å². The van der Waals surface area contributed by atoms with E-state index in [1.807, 2.05) is 0 Å². The van der Waals surface area contributed by atoms with Gasteiger partial charge in [-0.1, -0.05) is 6.92 Å². The second-order valence-electron chi connectivity index (χ2n) is 4.31. The van der Waals surface area contributed by atoms with Crippen LogP contribution in [0.1, 0.15) is 17.3 Å². The van der Waals surface area contributed by atoms with Crippen molar-refractivity contribution in [3.8, 4) is 0 Å². The zero-order valence-electron chi connectivity index (χ0n) is 10.4. The predicted molar refractivity (Wildman–Crippen MR) is 66.6 cm³/mol. The van der Waals surface area contributed by atoms with Gasteiger partial charge in [-0.05, 0) is 12.6 Å². The highest BCUT2D eigenvalue weighted by Gasteiger charge is 2.23. The summed E-state index contributed by atoms with van der Waals surface area (Å²) in [7, 11) is 0. The van der Waals surface area contributed by atoms with Crippen LogP contribution in [0.4, 0.5) is 10.2 Å². The van der Waals surface area contributed by atoms with Crippen molar-refractivity contribution in [1.29, 1.82) is 0 Å². The molecule has 1 aliphatic heterocycles. The minimum atomic E-state index is -0.542. The monoisotopic (exact) mass is 252 g/mol. The van der Waals surface area contributed by atoms with E-state index in [-0.39, 0.29) is 17.3 Å². The predicted octanol–water partition coefficient (Wildman–Crippen LogP) is 0.581.